The summed E-state index contributed by atoms with van der Waals surface area (Å²) in [7, 11) is 0. The van der Waals surface area contributed by atoms with Crippen LogP contribution in [-0.2, 0) is 4.74 Å². The molecule has 2 atom stereocenters. The highest BCUT2D eigenvalue weighted by Gasteiger charge is 2.06. The molecule has 0 amide bonds. The van der Waals surface area contributed by atoms with E-state index in [1.54, 1.807) is 10.8 Å². The third-order valence-electron chi connectivity index (χ3n) is 1.03. The van der Waals surface area contributed by atoms with Crippen LogP contribution in [0.1, 0.15) is 13.8 Å². The molecule has 0 heterocycles. The summed E-state index contributed by atoms with van der Waals surface area (Å²) in [6.45, 7) is 3.95. The second kappa shape index (κ2) is 9.28. The summed E-state index contributed by atoms with van der Waals surface area (Å²) in [5.41, 5.74) is 3.14. The van der Waals surface area contributed by atoms with Gasteiger partial charge in [0.05, 0.1) is 0 Å². The zero-order valence-corrected chi connectivity index (χ0v) is 10.6. The standard InChI is InChI=1S/C8H12Cl2OS2/c1-7(12-5-3-9)11-8(2)13-6-4-10/h3-8H,1-2H3. The van der Waals surface area contributed by atoms with Crippen LogP contribution < -0.4 is 0 Å². The smallest absolute Gasteiger partial charge is 0.105 e. The maximum atomic E-state index is 5.56. The molecule has 0 rings (SSSR count). The molecule has 0 aromatic heterocycles. The quantitative estimate of drug-likeness (QED) is 0.646. The first kappa shape index (κ1) is 13.7. The molecule has 0 aliphatic heterocycles. The van der Waals surface area contributed by atoms with Gasteiger partial charge >= 0.3 is 0 Å². The van der Waals surface area contributed by atoms with E-state index in [4.69, 9.17) is 27.9 Å². The van der Waals surface area contributed by atoms with Crippen molar-refractivity contribution in [3.8, 4) is 0 Å². The molecule has 0 fully saturated rings. The van der Waals surface area contributed by atoms with Gasteiger partial charge in [0.1, 0.15) is 10.9 Å². The first-order chi connectivity index (χ1) is 6.20. The van der Waals surface area contributed by atoms with E-state index in [0.29, 0.717) is 0 Å². The zero-order valence-electron chi connectivity index (χ0n) is 7.44. The summed E-state index contributed by atoms with van der Waals surface area (Å²) < 4.78 is 5.56. The summed E-state index contributed by atoms with van der Waals surface area (Å²) in [5, 5.41) is 3.59. The van der Waals surface area contributed by atoms with Crippen molar-refractivity contribution in [2.75, 3.05) is 0 Å². The van der Waals surface area contributed by atoms with E-state index in [0.717, 1.165) is 0 Å². The van der Waals surface area contributed by atoms with Crippen molar-refractivity contribution < 1.29 is 4.74 Å². The lowest BCUT2D eigenvalue weighted by atomic mass is 10.8. The van der Waals surface area contributed by atoms with Gasteiger partial charge in [-0.05, 0) is 24.7 Å². The van der Waals surface area contributed by atoms with E-state index < -0.39 is 0 Å². The Bertz CT molecular complexity index is 156. The number of hydrogen-bond acceptors (Lipinski definition) is 3. The van der Waals surface area contributed by atoms with Crippen LogP contribution in [0, 0.1) is 0 Å². The molecule has 0 aromatic carbocycles. The first-order valence-corrected chi connectivity index (χ1v) is 6.43. The summed E-state index contributed by atoms with van der Waals surface area (Å²) in [6, 6.07) is 0. The summed E-state index contributed by atoms with van der Waals surface area (Å²) in [4.78, 5) is 0. The lowest BCUT2D eigenvalue weighted by molar-refractivity contribution is 0.115. The first-order valence-electron chi connectivity index (χ1n) is 3.67. The van der Waals surface area contributed by atoms with Crippen molar-refractivity contribution in [2.45, 2.75) is 24.7 Å². The van der Waals surface area contributed by atoms with Gasteiger partial charge in [0.15, 0.2) is 0 Å². The van der Waals surface area contributed by atoms with Crippen LogP contribution >= 0.6 is 46.7 Å². The normalized spacial score (nSPS) is 16.9. The van der Waals surface area contributed by atoms with E-state index in [1.807, 2.05) is 13.8 Å². The van der Waals surface area contributed by atoms with Crippen molar-refractivity contribution in [3.05, 3.63) is 21.9 Å². The van der Waals surface area contributed by atoms with Crippen molar-refractivity contribution in [3.63, 3.8) is 0 Å². The van der Waals surface area contributed by atoms with Gasteiger partial charge in [0.2, 0.25) is 0 Å². The van der Waals surface area contributed by atoms with Gasteiger partial charge < -0.3 is 4.74 Å². The average Bonchev–Trinajstić information content (AvgIpc) is 2.11. The predicted octanol–water partition coefficient (Wildman–Crippen LogP) is 4.58. The SMILES string of the molecule is CC(OC(C)SC=CCl)SC=CCl. The summed E-state index contributed by atoms with van der Waals surface area (Å²) in [6.07, 6.45) is 0. The Balaban J connectivity index is 3.57. The van der Waals surface area contributed by atoms with Gasteiger partial charge in [-0.25, -0.2) is 0 Å². The molecule has 76 valence electrons. The molecule has 1 nitrogen and oxygen atoms in total. The molecule has 5 heteroatoms. The highest BCUT2D eigenvalue weighted by molar-refractivity contribution is 8.03. The monoisotopic (exact) mass is 258 g/mol. The van der Waals surface area contributed by atoms with Crippen molar-refractivity contribution in [2.24, 2.45) is 0 Å². The molecule has 2 unspecified atom stereocenters. The molecular formula is C8H12Cl2OS2. The van der Waals surface area contributed by atoms with Gasteiger partial charge in [-0.15, -0.1) is 23.5 Å². The third kappa shape index (κ3) is 9.03. The van der Waals surface area contributed by atoms with E-state index in [9.17, 15) is 0 Å². The Morgan fingerprint density at radius 2 is 1.38 bits per heavy atom. The van der Waals surface area contributed by atoms with E-state index in [1.165, 1.54) is 34.6 Å². The van der Waals surface area contributed by atoms with Crippen LogP contribution in [0.5, 0.6) is 0 Å². The Morgan fingerprint density at radius 3 is 1.69 bits per heavy atom. The topological polar surface area (TPSA) is 9.23 Å². The fraction of sp³-hybridized carbons (Fsp3) is 0.500. The second-order valence-electron chi connectivity index (χ2n) is 2.07. The molecule has 0 radical (unpaired) electrons. The van der Waals surface area contributed by atoms with Gasteiger partial charge in [-0.3, -0.25) is 0 Å². The number of hydrogen-bond donors (Lipinski definition) is 0. The second-order valence-corrected chi connectivity index (χ2v) is 4.99. The number of thioether (sulfide) groups is 2. The van der Waals surface area contributed by atoms with Crippen LogP contribution in [0.15, 0.2) is 21.9 Å². The molecule has 0 N–H and O–H groups in total. The highest BCUT2D eigenvalue weighted by atomic mass is 35.5. The molecule has 0 aromatic rings. The number of ether oxygens (including phenoxy) is 1. The Morgan fingerprint density at radius 1 is 1.00 bits per heavy atom. The minimum atomic E-state index is 0.0984. The van der Waals surface area contributed by atoms with Crippen molar-refractivity contribution >= 4 is 46.7 Å². The molecule has 0 spiro atoms. The number of halogens is 2. The Labute approximate surface area is 97.9 Å². The van der Waals surface area contributed by atoms with E-state index >= 15 is 0 Å². The summed E-state index contributed by atoms with van der Waals surface area (Å²) >= 11 is 13.8. The minimum Gasteiger partial charge on any atom is -0.354 e. The highest BCUT2D eigenvalue weighted by Crippen LogP contribution is 2.21. The largest absolute Gasteiger partial charge is 0.354 e. The minimum absolute atomic E-state index is 0.0984. The van der Waals surface area contributed by atoms with Crippen LogP contribution in [0.2, 0.25) is 0 Å². The van der Waals surface area contributed by atoms with Gasteiger partial charge in [-0.2, -0.15) is 0 Å². The van der Waals surface area contributed by atoms with Crippen molar-refractivity contribution in [1.82, 2.24) is 0 Å². The fourth-order valence-corrected chi connectivity index (χ4v) is 2.06. The predicted molar refractivity (Wildman–Crippen MR) is 65.2 cm³/mol. The molecule has 0 aliphatic rings. The maximum Gasteiger partial charge on any atom is 0.105 e. The van der Waals surface area contributed by atoms with E-state index in [-0.39, 0.29) is 10.9 Å². The molecule has 0 aliphatic carbocycles. The zero-order chi connectivity index (χ0) is 10.1. The van der Waals surface area contributed by atoms with Crippen LogP contribution in [0.25, 0.3) is 0 Å². The molecule has 0 bridgehead atoms. The van der Waals surface area contributed by atoms with Crippen LogP contribution in [0.4, 0.5) is 0 Å². The van der Waals surface area contributed by atoms with Gasteiger partial charge in [-0.1, -0.05) is 23.2 Å². The third-order valence-corrected chi connectivity index (χ3v) is 3.15. The Kier molecular flexibility index (Phi) is 9.80. The van der Waals surface area contributed by atoms with Gasteiger partial charge in [0.25, 0.3) is 0 Å². The lowest BCUT2D eigenvalue weighted by Gasteiger charge is -2.15. The lowest BCUT2D eigenvalue weighted by Crippen LogP contribution is -2.09. The molecule has 13 heavy (non-hydrogen) atoms. The summed E-state index contributed by atoms with van der Waals surface area (Å²) in [5.74, 6) is 0. The van der Waals surface area contributed by atoms with Crippen LogP contribution in [0.3, 0.4) is 0 Å². The van der Waals surface area contributed by atoms with E-state index in [2.05, 4.69) is 0 Å². The average molecular weight is 259 g/mol. The van der Waals surface area contributed by atoms with Gasteiger partial charge in [0, 0.05) is 11.1 Å². The fourth-order valence-electron chi connectivity index (χ4n) is 0.615. The van der Waals surface area contributed by atoms with Crippen LogP contribution in [-0.4, -0.2) is 10.9 Å². The molecular weight excluding hydrogens is 247 g/mol. The molecule has 0 saturated carbocycles. The maximum absolute atomic E-state index is 5.56. The number of rotatable bonds is 6. The molecule has 0 saturated heterocycles. The Hall–Kier alpha value is 0.720. The van der Waals surface area contributed by atoms with Crippen molar-refractivity contribution in [1.29, 1.82) is 0 Å².